The molecule has 3 rings (SSSR count). The van der Waals surface area contributed by atoms with Gasteiger partial charge >= 0.3 is 0 Å². The second-order valence-electron chi connectivity index (χ2n) is 6.93. The molecule has 1 heterocycles. The Morgan fingerprint density at radius 1 is 0.963 bits per heavy atom. The third-order valence-electron chi connectivity index (χ3n) is 5.65. The molecule has 0 N–H and O–H groups in total. The Balaban J connectivity index is 2.10. The molecular weight excluding hydrogens is 338 g/mol. The van der Waals surface area contributed by atoms with Crippen molar-refractivity contribution in [2.45, 2.75) is 25.7 Å². The van der Waals surface area contributed by atoms with Gasteiger partial charge in [-0.2, -0.15) is 4.58 Å². The lowest BCUT2D eigenvalue weighted by Crippen LogP contribution is -2.29. The van der Waals surface area contributed by atoms with Gasteiger partial charge in [-0.25, -0.2) is 0 Å². The van der Waals surface area contributed by atoms with Crippen molar-refractivity contribution in [3.63, 3.8) is 0 Å². The fourth-order valence-electron chi connectivity index (χ4n) is 3.90. The average molecular weight is 366 g/mol. The van der Waals surface area contributed by atoms with Gasteiger partial charge in [0, 0.05) is 29.8 Å². The Bertz CT molecular complexity index is 889. The first-order valence-corrected chi connectivity index (χ1v) is 9.18. The van der Waals surface area contributed by atoms with E-state index >= 15 is 0 Å². The van der Waals surface area contributed by atoms with Gasteiger partial charge < -0.3 is 14.2 Å². The second kappa shape index (κ2) is 7.47. The van der Waals surface area contributed by atoms with Crippen LogP contribution in [-0.2, 0) is 5.41 Å². The van der Waals surface area contributed by atoms with Crippen LogP contribution >= 0.6 is 0 Å². The maximum Gasteiger partial charge on any atom is 0.209 e. The molecule has 2 aromatic carbocycles. The highest BCUT2D eigenvalue weighted by atomic mass is 16.5. The first-order chi connectivity index (χ1) is 13.0. The fourth-order valence-corrected chi connectivity index (χ4v) is 3.90. The van der Waals surface area contributed by atoms with Crippen molar-refractivity contribution in [1.82, 2.24) is 0 Å². The molecule has 1 unspecified atom stereocenters. The van der Waals surface area contributed by atoms with Crippen LogP contribution in [0, 0.1) is 0 Å². The highest BCUT2D eigenvalue weighted by Crippen LogP contribution is 2.42. The van der Waals surface area contributed by atoms with E-state index in [2.05, 4.69) is 61.9 Å². The summed E-state index contributed by atoms with van der Waals surface area (Å²) in [4.78, 5) is 0. The smallest absolute Gasteiger partial charge is 0.209 e. The van der Waals surface area contributed by atoms with Crippen molar-refractivity contribution in [2.24, 2.45) is 0 Å². The Morgan fingerprint density at radius 3 is 2.15 bits per heavy atom. The van der Waals surface area contributed by atoms with Crippen LogP contribution in [-0.4, -0.2) is 38.7 Å². The topological polar surface area (TPSA) is 30.7 Å². The highest BCUT2D eigenvalue weighted by molar-refractivity contribution is 6.05. The van der Waals surface area contributed by atoms with Crippen LogP contribution in [0.1, 0.15) is 31.4 Å². The number of para-hydroxylation sites is 1. The molecule has 1 aliphatic rings. The number of hydrogen-bond donors (Lipinski definition) is 0. The standard InChI is InChI=1S/C23H28NO3/c1-7-23(2)18-10-8-9-11-19(18)24(3)22(23)13-12-17-20(26-5)14-16(25-4)15-21(17)27-6/h8-15H,7H2,1-6H3/q+1/b13-12+. The lowest BCUT2D eigenvalue weighted by atomic mass is 9.77. The van der Waals surface area contributed by atoms with Gasteiger partial charge in [-0.05, 0) is 19.4 Å². The van der Waals surface area contributed by atoms with Crippen molar-refractivity contribution in [1.29, 1.82) is 0 Å². The number of methoxy groups -OCH3 is 3. The predicted molar refractivity (Wildman–Crippen MR) is 110 cm³/mol. The van der Waals surface area contributed by atoms with Crippen LogP contribution in [0.3, 0.4) is 0 Å². The van der Waals surface area contributed by atoms with Crippen molar-refractivity contribution in [3.05, 3.63) is 53.6 Å². The van der Waals surface area contributed by atoms with E-state index in [1.165, 1.54) is 17.0 Å². The number of allylic oxidation sites excluding steroid dienone is 1. The molecule has 1 atom stereocenters. The van der Waals surface area contributed by atoms with E-state index < -0.39 is 0 Å². The zero-order chi connectivity index (χ0) is 19.6. The number of hydrogen-bond acceptors (Lipinski definition) is 3. The average Bonchev–Trinajstić information content (AvgIpc) is 2.93. The molecule has 0 saturated carbocycles. The van der Waals surface area contributed by atoms with Crippen LogP contribution in [0.5, 0.6) is 17.2 Å². The SMILES string of the molecule is CCC1(C)C(/C=C/c2c(OC)cc(OC)cc2OC)=[N+](C)c2ccccc21. The largest absolute Gasteiger partial charge is 0.496 e. The van der Waals surface area contributed by atoms with E-state index in [9.17, 15) is 0 Å². The lowest BCUT2D eigenvalue weighted by Gasteiger charge is -2.20. The van der Waals surface area contributed by atoms with E-state index in [-0.39, 0.29) is 5.41 Å². The third-order valence-corrected chi connectivity index (χ3v) is 5.65. The summed E-state index contributed by atoms with van der Waals surface area (Å²) in [5.41, 5.74) is 4.75. The molecule has 0 aromatic heterocycles. The van der Waals surface area contributed by atoms with Gasteiger partial charge in [0.05, 0.1) is 32.3 Å². The van der Waals surface area contributed by atoms with Crippen LogP contribution < -0.4 is 14.2 Å². The Hall–Kier alpha value is -2.75. The summed E-state index contributed by atoms with van der Waals surface area (Å²) in [7, 11) is 7.08. The lowest BCUT2D eigenvalue weighted by molar-refractivity contribution is -0.401. The number of benzene rings is 2. The number of fused-ring (bicyclic) bond motifs is 1. The Morgan fingerprint density at radius 2 is 1.59 bits per heavy atom. The van der Waals surface area contributed by atoms with E-state index in [4.69, 9.17) is 14.2 Å². The zero-order valence-electron chi connectivity index (χ0n) is 17.0. The molecular formula is C23H28NO3+. The van der Waals surface area contributed by atoms with E-state index in [1.807, 2.05) is 12.1 Å². The minimum atomic E-state index is -0.0330. The van der Waals surface area contributed by atoms with Crippen molar-refractivity contribution >= 4 is 17.5 Å². The van der Waals surface area contributed by atoms with E-state index in [0.717, 1.165) is 23.5 Å². The number of nitrogens with zero attached hydrogens (tertiary/aromatic N) is 1. The molecule has 0 aliphatic carbocycles. The van der Waals surface area contributed by atoms with Gasteiger partial charge in [-0.3, -0.25) is 0 Å². The van der Waals surface area contributed by atoms with Crippen LogP contribution in [0.4, 0.5) is 5.69 Å². The summed E-state index contributed by atoms with van der Waals surface area (Å²) in [6.45, 7) is 4.54. The van der Waals surface area contributed by atoms with Crippen LogP contribution in [0.25, 0.3) is 6.08 Å². The minimum absolute atomic E-state index is 0.0330. The molecule has 142 valence electrons. The maximum atomic E-state index is 5.58. The maximum absolute atomic E-state index is 5.58. The summed E-state index contributed by atoms with van der Waals surface area (Å²) >= 11 is 0. The first-order valence-electron chi connectivity index (χ1n) is 9.18. The molecule has 4 nitrogen and oxygen atoms in total. The molecule has 0 radical (unpaired) electrons. The summed E-state index contributed by atoms with van der Waals surface area (Å²) in [5.74, 6) is 2.15. The molecule has 0 spiro atoms. The summed E-state index contributed by atoms with van der Waals surface area (Å²) in [6, 6.07) is 12.4. The van der Waals surface area contributed by atoms with Crippen LogP contribution in [0.15, 0.2) is 42.5 Å². The zero-order valence-corrected chi connectivity index (χ0v) is 17.0. The fraction of sp³-hybridized carbons (Fsp3) is 0.348. The Kier molecular flexibility index (Phi) is 5.26. The van der Waals surface area contributed by atoms with Gasteiger partial charge in [0.2, 0.25) is 5.69 Å². The molecule has 1 aliphatic heterocycles. The first kappa shape index (κ1) is 19.0. The highest BCUT2D eigenvalue weighted by Gasteiger charge is 2.44. The monoisotopic (exact) mass is 366 g/mol. The van der Waals surface area contributed by atoms with Gasteiger partial charge in [0.1, 0.15) is 24.3 Å². The van der Waals surface area contributed by atoms with Crippen molar-refractivity contribution in [3.8, 4) is 17.2 Å². The Labute approximate surface area is 161 Å². The van der Waals surface area contributed by atoms with Gasteiger partial charge in [0.15, 0.2) is 5.71 Å². The van der Waals surface area contributed by atoms with Gasteiger partial charge in [-0.1, -0.05) is 25.1 Å². The molecule has 0 fully saturated rings. The van der Waals surface area contributed by atoms with Gasteiger partial charge in [-0.15, -0.1) is 0 Å². The molecule has 2 aromatic rings. The molecule has 27 heavy (non-hydrogen) atoms. The number of rotatable bonds is 6. The molecule has 4 heteroatoms. The second-order valence-corrected chi connectivity index (χ2v) is 6.93. The minimum Gasteiger partial charge on any atom is -0.496 e. The normalized spacial score (nSPS) is 18.7. The van der Waals surface area contributed by atoms with Crippen molar-refractivity contribution in [2.75, 3.05) is 28.4 Å². The molecule has 0 amide bonds. The van der Waals surface area contributed by atoms with Crippen LogP contribution in [0.2, 0.25) is 0 Å². The number of ether oxygens (including phenoxy) is 3. The van der Waals surface area contributed by atoms with E-state index in [1.54, 1.807) is 21.3 Å². The molecule has 0 bridgehead atoms. The summed E-state index contributed by atoms with van der Waals surface area (Å²) in [5, 5.41) is 0. The predicted octanol–water partition coefficient (Wildman–Crippen LogP) is 4.82. The molecule has 0 saturated heterocycles. The summed E-state index contributed by atoms with van der Waals surface area (Å²) < 4.78 is 18.8. The van der Waals surface area contributed by atoms with E-state index in [0.29, 0.717) is 5.75 Å². The quantitative estimate of drug-likeness (QED) is 0.687. The van der Waals surface area contributed by atoms with Gasteiger partial charge in [0.25, 0.3) is 0 Å². The third kappa shape index (κ3) is 3.09. The van der Waals surface area contributed by atoms with Crippen molar-refractivity contribution < 1.29 is 18.8 Å². The summed E-state index contributed by atoms with van der Waals surface area (Å²) in [6.07, 6.45) is 5.27.